The zero-order valence-corrected chi connectivity index (χ0v) is 19.3. The number of benzene rings is 3. The third-order valence-electron chi connectivity index (χ3n) is 6.10. The number of halogens is 1. The molecular weight excluding hydrogens is 421 g/mol. The Morgan fingerprint density at radius 3 is 2.52 bits per heavy atom. The summed E-state index contributed by atoms with van der Waals surface area (Å²) in [5.41, 5.74) is 0.699. The smallest absolute Gasteiger partial charge is 0.245 e. The Hall–Kier alpha value is -3.47. The maximum Gasteiger partial charge on any atom is 0.245 e. The van der Waals surface area contributed by atoms with Crippen LogP contribution >= 0.6 is 0 Å². The highest BCUT2D eigenvalue weighted by molar-refractivity contribution is 5.91. The van der Waals surface area contributed by atoms with E-state index in [1.807, 2.05) is 36.2 Å². The minimum absolute atomic E-state index is 0.160. The van der Waals surface area contributed by atoms with Crippen molar-refractivity contribution in [1.29, 1.82) is 5.26 Å². The van der Waals surface area contributed by atoms with Crippen LogP contribution in [0.4, 0.5) is 4.39 Å². The number of nitriles is 1. The van der Waals surface area contributed by atoms with Crippen molar-refractivity contribution in [3.8, 4) is 11.8 Å². The standard InChI is InChI=1S/C26H28FN3O3/c1-26(30(2)13-14-32-3,20-9-11-21(27)12-10-20)25(31)29-17-23-22-8-6-5-7-18(22)15-19(16-28)24(23)33-4/h5-12,15H,13-14,17H2,1-4H3,(H,29,31). The Bertz CT molecular complexity index is 1170. The number of nitrogens with zero attached hydrogens (tertiary/aromatic N) is 2. The quantitative estimate of drug-likeness (QED) is 0.535. The number of nitrogens with one attached hydrogen (secondary N) is 1. The Morgan fingerprint density at radius 2 is 1.88 bits per heavy atom. The summed E-state index contributed by atoms with van der Waals surface area (Å²) in [6.45, 7) is 2.89. The summed E-state index contributed by atoms with van der Waals surface area (Å²) in [5.74, 6) is -0.195. The molecule has 1 amide bonds. The molecule has 172 valence electrons. The van der Waals surface area contributed by atoms with Gasteiger partial charge in [0.25, 0.3) is 0 Å². The number of likely N-dealkylation sites (N-methyl/N-ethyl adjacent to an activating group) is 1. The van der Waals surface area contributed by atoms with Gasteiger partial charge < -0.3 is 14.8 Å². The maximum atomic E-state index is 13.6. The molecule has 0 fully saturated rings. The summed E-state index contributed by atoms with van der Waals surface area (Å²) in [6, 6.07) is 17.5. The van der Waals surface area contributed by atoms with Crippen LogP contribution in [0.15, 0.2) is 54.6 Å². The summed E-state index contributed by atoms with van der Waals surface area (Å²) in [6.07, 6.45) is 0. The fourth-order valence-corrected chi connectivity index (χ4v) is 3.99. The van der Waals surface area contributed by atoms with Crippen LogP contribution < -0.4 is 10.1 Å². The van der Waals surface area contributed by atoms with Crippen LogP contribution in [-0.4, -0.2) is 45.2 Å². The van der Waals surface area contributed by atoms with Crippen LogP contribution in [0, 0.1) is 17.1 Å². The van der Waals surface area contributed by atoms with E-state index in [-0.39, 0.29) is 18.3 Å². The van der Waals surface area contributed by atoms with Gasteiger partial charge in [0, 0.05) is 25.8 Å². The van der Waals surface area contributed by atoms with Gasteiger partial charge in [-0.05, 0) is 48.5 Å². The number of hydrogen-bond donors (Lipinski definition) is 1. The van der Waals surface area contributed by atoms with Gasteiger partial charge in [-0.3, -0.25) is 9.69 Å². The highest BCUT2D eigenvalue weighted by Crippen LogP contribution is 2.33. The number of carbonyl (C=O) groups is 1. The molecule has 3 aromatic carbocycles. The average Bonchev–Trinajstić information content (AvgIpc) is 2.84. The van der Waals surface area contributed by atoms with E-state index in [9.17, 15) is 14.4 Å². The van der Waals surface area contributed by atoms with Crippen LogP contribution in [0.25, 0.3) is 10.8 Å². The highest BCUT2D eigenvalue weighted by atomic mass is 19.1. The predicted molar refractivity (Wildman–Crippen MR) is 125 cm³/mol. The van der Waals surface area contributed by atoms with Crippen molar-refractivity contribution in [3.63, 3.8) is 0 Å². The molecular formula is C26H28FN3O3. The molecule has 7 heteroatoms. The molecule has 0 aliphatic carbocycles. The Balaban J connectivity index is 1.99. The molecule has 3 rings (SSSR count). The van der Waals surface area contributed by atoms with E-state index in [0.29, 0.717) is 30.0 Å². The summed E-state index contributed by atoms with van der Waals surface area (Å²) >= 11 is 0. The van der Waals surface area contributed by atoms with E-state index in [2.05, 4.69) is 11.4 Å². The molecule has 3 aromatic rings. The van der Waals surface area contributed by atoms with Crippen molar-refractivity contribution >= 4 is 16.7 Å². The van der Waals surface area contributed by atoms with Gasteiger partial charge in [0.15, 0.2) is 0 Å². The van der Waals surface area contributed by atoms with Crippen molar-refractivity contribution in [3.05, 3.63) is 77.1 Å². The van der Waals surface area contributed by atoms with Gasteiger partial charge in [-0.15, -0.1) is 0 Å². The third-order valence-corrected chi connectivity index (χ3v) is 6.10. The second kappa shape index (κ2) is 10.4. The highest BCUT2D eigenvalue weighted by Gasteiger charge is 2.39. The fraction of sp³-hybridized carbons (Fsp3) is 0.308. The SMILES string of the molecule is COCCN(C)C(C)(C(=O)NCc1c(OC)c(C#N)cc2ccccc12)c1ccc(F)cc1. The first-order valence-corrected chi connectivity index (χ1v) is 10.6. The molecule has 1 unspecified atom stereocenters. The van der Waals surface area contributed by atoms with E-state index in [4.69, 9.17) is 9.47 Å². The second-order valence-corrected chi connectivity index (χ2v) is 7.95. The normalized spacial score (nSPS) is 12.9. The first kappa shape index (κ1) is 24.2. The number of hydrogen-bond acceptors (Lipinski definition) is 5. The molecule has 0 aliphatic heterocycles. The van der Waals surface area contributed by atoms with Crippen LogP contribution in [0.2, 0.25) is 0 Å². The largest absolute Gasteiger partial charge is 0.495 e. The zero-order chi connectivity index (χ0) is 24.0. The topological polar surface area (TPSA) is 74.6 Å². The van der Waals surface area contributed by atoms with Gasteiger partial charge in [0.2, 0.25) is 5.91 Å². The molecule has 1 N–H and O–H groups in total. The molecule has 0 saturated heterocycles. The minimum Gasteiger partial charge on any atom is -0.495 e. The van der Waals surface area contributed by atoms with E-state index < -0.39 is 5.54 Å². The number of methoxy groups -OCH3 is 2. The van der Waals surface area contributed by atoms with Gasteiger partial charge in [-0.25, -0.2) is 4.39 Å². The number of fused-ring (bicyclic) bond motifs is 1. The van der Waals surface area contributed by atoms with Gasteiger partial charge in [0.05, 0.1) is 19.3 Å². The molecule has 33 heavy (non-hydrogen) atoms. The Labute approximate surface area is 193 Å². The van der Waals surface area contributed by atoms with Crippen molar-refractivity contribution in [1.82, 2.24) is 10.2 Å². The molecule has 0 saturated carbocycles. The number of amides is 1. The van der Waals surface area contributed by atoms with Crippen LogP contribution in [0.3, 0.4) is 0 Å². The fourth-order valence-electron chi connectivity index (χ4n) is 3.99. The Morgan fingerprint density at radius 1 is 1.18 bits per heavy atom. The predicted octanol–water partition coefficient (Wildman–Crippen LogP) is 3.97. The molecule has 0 spiro atoms. The summed E-state index contributed by atoms with van der Waals surface area (Å²) in [7, 11) is 4.94. The van der Waals surface area contributed by atoms with Gasteiger partial charge >= 0.3 is 0 Å². The van der Waals surface area contributed by atoms with Crippen molar-refractivity contribution in [2.75, 3.05) is 34.4 Å². The average molecular weight is 450 g/mol. The van der Waals surface area contributed by atoms with E-state index in [1.165, 1.54) is 19.2 Å². The van der Waals surface area contributed by atoms with E-state index in [1.54, 1.807) is 32.2 Å². The lowest BCUT2D eigenvalue weighted by Gasteiger charge is -2.38. The molecule has 1 atom stereocenters. The van der Waals surface area contributed by atoms with E-state index >= 15 is 0 Å². The molecule has 0 aromatic heterocycles. The molecule has 0 aliphatic rings. The first-order valence-electron chi connectivity index (χ1n) is 10.6. The van der Waals surface area contributed by atoms with Crippen LogP contribution in [0.5, 0.6) is 5.75 Å². The Kier molecular flexibility index (Phi) is 7.64. The minimum atomic E-state index is -1.08. The second-order valence-electron chi connectivity index (χ2n) is 7.95. The summed E-state index contributed by atoms with van der Waals surface area (Å²) in [5, 5.41) is 14.4. The van der Waals surface area contributed by atoms with Crippen LogP contribution in [0.1, 0.15) is 23.6 Å². The van der Waals surface area contributed by atoms with Crippen molar-refractivity contribution in [2.24, 2.45) is 0 Å². The van der Waals surface area contributed by atoms with Crippen molar-refractivity contribution in [2.45, 2.75) is 19.0 Å². The molecule has 0 heterocycles. The molecule has 0 radical (unpaired) electrons. The van der Waals surface area contributed by atoms with Crippen LogP contribution in [-0.2, 0) is 21.6 Å². The van der Waals surface area contributed by atoms with Gasteiger partial charge in [-0.2, -0.15) is 5.26 Å². The molecule has 6 nitrogen and oxygen atoms in total. The number of ether oxygens (including phenoxy) is 2. The summed E-state index contributed by atoms with van der Waals surface area (Å²) in [4.78, 5) is 15.5. The lowest BCUT2D eigenvalue weighted by Crippen LogP contribution is -2.53. The maximum absolute atomic E-state index is 13.6. The zero-order valence-electron chi connectivity index (χ0n) is 19.3. The first-order chi connectivity index (χ1) is 15.9. The van der Waals surface area contributed by atoms with Gasteiger partial charge in [0.1, 0.15) is 23.2 Å². The molecule has 0 bridgehead atoms. The summed E-state index contributed by atoms with van der Waals surface area (Å²) < 4.78 is 24.3. The number of rotatable bonds is 9. The van der Waals surface area contributed by atoms with E-state index in [0.717, 1.165) is 16.3 Å². The lowest BCUT2D eigenvalue weighted by molar-refractivity contribution is -0.133. The lowest BCUT2D eigenvalue weighted by atomic mass is 9.89. The monoisotopic (exact) mass is 449 g/mol. The third kappa shape index (κ3) is 4.82. The van der Waals surface area contributed by atoms with Gasteiger partial charge in [-0.1, -0.05) is 36.4 Å². The van der Waals surface area contributed by atoms with Crippen molar-refractivity contribution < 1.29 is 18.7 Å². The number of carbonyl (C=O) groups excluding carboxylic acids is 1.